The van der Waals surface area contributed by atoms with Crippen LogP contribution in [0, 0.1) is 5.92 Å². The quantitative estimate of drug-likeness (QED) is 0.665. The highest BCUT2D eigenvalue weighted by molar-refractivity contribution is 5.84. The third-order valence-electron chi connectivity index (χ3n) is 6.44. The highest BCUT2D eigenvalue weighted by Crippen LogP contribution is 2.25. The van der Waals surface area contributed by atoms with E-state index in [0.717, 1.165) is 37.2 Å². The molecule has 2 aromatic rings. The molecular weight excluding hydrogens is 404 g/mol. The molecule has 2 aromatic carbocycles. The van der Waals surface area contributed by atoms with Gasteiger partial charge in [-0.15, -0.1) is 0 Å². The summed E-state index contributed by atoms with van der Waals surface area (Å²) in [5.41, 5.74) is 2.19. The average molecular weight is 437 g/mol. The standard InChI is InChI=1S/C26H32N2O4/c1-31-24-9-5-8-21(16-24)17-28-18-22(10-11-25(28)29)26(30)27-14-12-23(13-15-27)32-19-20-6-3-2-4-7-20/h2-9,16,22-23H,10-15,17-19H2,1H3/t22-/m1/s1. The second kappa shape index (κ2) is 10.6. The van der Waals surface area contributed by atoms with Crippen LogP contribution in [-0.4, -0.2) is 54.5 Å². The zero-order valence-electron chi connectivity index (χ0n) is 18.7. The molecule has 0 aliphatic carbocycles. The Balaban J connectivity index is 1.27. The van der Waals surface area contributed by atoms with Crippen molar-refractivity contribution in [3.05, 3.63) is 65.7 Å². The van der Waals surface area contributed by atoms with Crippen molar-refractivity contribution in [2.45, 2.75) is 44.9 Å². The van der Waals surface area contributed by atoms with Crippen LogP contribution < -0.4 is 4.74 Å². The van der Waals surface area contributed by atoms with Crippen LogP contribution in [0.15, 0.2) is 54.6 Å². The number of carbonyl (C=O) groups excluding carboxylic acids is 2. The van der Waals surface area contributed by atoms with Crippen molar-refractivity contribution in [1.29, 1.82) is 0 Å². The average Bonchev–Trinajstić information content (AvgIpc) is 2.85. The third-order valence-corrected chi connectivity index (χ3v) is 6.44. The Morgan fingerprint density at radius 3 is 2.50 bits per heavy atom. The molecule has 0 saturated carbocycles. The van der Waals surface area contributed by atoms with Gasteiger partial charge in [0.15, 0.2) is 0 Å². The van der Waals surface area contributed by atoms with Crippen LogP contribution in [0.1, 0.15) is 36.8 Å². The molecule has 0 unspecified atom stereocenters. The Morgan fingerprint density at radius 1 is 1.00 bits per heavy atom. The van der Waals surface area contributed by atoms with Crippen LogP contribution >= 0.6 is 0 Å². The summed E-state index contributed by atoms with van der Waals surface area (Å²) in [6, 6.07) is 17.9. The molecule has 0 N–H and O–H groups in total. The molecule has 0 bridgehead atoms. The Bertz CT molecular complexity index is 909. The van der Waals surface area contributed by atoms with Gasteiger partial charge in [-0.3, -0.25) is 9.59 Å². The molecule has 2 aliphatic rings. The van der Waals surface area contributed by atoms with Crippen LogP contribution in [0.5, 0.6) is 5.75 Å². The predicted molar refractivity (Wildman–Crippen MR) is 122 cm³/mol. The minimum Gasteiger partial charge on any atom is -0.497 e. The molecule has 0 spiro atoms. The van der Waals surface area contributed by atoms with Gasteiger partial charge in [0.1, 0.15) is 5.75 Å². The second-order valence-corrected chi connectivity index (χ2v) is 8.68. The Hall–Kier alpha value is -2.86. The number of carbonyl (C=O) groups is 2. The topological polar surface area (TPSA) is 59.1 Å². The number of hydrogen-bond donors (Lipinski definition) is 0. The first-order valence-electron chi connectivity index (χ1n) is 11.5. The van der Waals surface area contributed by atoms with Crippen LogP contribution in [0.4, 0.5) is 0 Å². The SMILES string of the molecule is COc1cccc(CN2C[C@H](C(=O)N3CCC(OCc4ccccc4)CC3)CCC2=O)c1. The molecule has 2 heterocycles. The van der Waals surface area contributed by atoms with Gasteiger partial charge in [-0.25, -0.2) is 0 Å². The number of hydrogen-bond acceptors (Lipinski definition) is 4. The van der Waals surface area contributed by atoms with E-state index in [1.54, 1.807) is 7.11 Å². The summed E-state index contributed by atoms with van der Waals surface area (Å²) in [6.45, 7) is 3.05. The number of likely N-dealkylation sites (tertiary alicyclic amines) is 2. The first-order chi connectivity index (χ1) is 15.6. The highest BCUT2D eigenvalue weighted by atomic mass is 16.5. The lowest BCUT2D eigenvalue weighted by Crippen LogP contribution is -2.49. The zero-order chi connectivity index (χ0) is 22.3. The molecule has 2 saturated heterocycles. The number of methoxy groups -OCH3 is 1. The fourth-order valence-electron chi connectivity index (χ4n) is 4.55. The van der Waals surface area contributed by atoms with E-state index in [1.165, 1.54) is 5.56 Å². The smallest absolute Gasteiger partial charge is 0.227 e. The summed E-state index contributed by atoms with van der Waals surface area (Å²) >= 11 is 0. The maximum atomic E-state index is 13.2. The van der Waals surface area contributed by atoms with Gasteiger partial charge in [-0.05, 0) is 42.5 Å². The van der Waals surface area contributed by atoms with Crippen LogP contribution in [0.3, 0.4) is 0 Å². The van der Waals surface area contributed by atoms with Crippen molar-refractivity contribution < 1.29 is 19.1 Å². The molecule has 0 radical (unpaired) electrons. The van der Waals surface area contributed by atoms with Gasteiger partial charge in [0.05, 0.1) is 25.7 Å². The normalized spacial score (nSPS) is 19.8. The lowest BCUT2D eigenvalue weighted by molar-refractivity contribution is -0.145. The van der Waals surface area contributed by atoms with Gasteiger partial charge < -0.3 is 19.3 Å². The molecule has 2 fully saturated rings. The van der Waals surface area contributed by atoms with Crippen molar-refractivity contribution in [1.82, 2.24) is 9.80 Å². The molecule has 32 heavy (non-hydrogen) atoms. The van der Waals surface area contributed by atoms with E-state index in [4.69, 9.17) is 9.47 Å². The summed E-state index contributed by atoms with van der Waals surface area (Å²) in [5.74, 6) is 0.941. The molecule has 170 valence electrons. The maximum Gasteiger partial charge on any atom is 0.227 e. The minimum atomic E-state index is -0.125. The highest BCUT2D eigenvalue weighted by Gasteiger charge is 2.34. The summed E-state index contributed by atoms with van der Waals surface area (Å²) in [5, 5.41) is 0. The van der Waals surface area contributed by atoms with Gasteiger partial charge in [-0.2, -0.15) is 0 Å². The summed E-state index contributed by atoms with van der Waals surface area (Å²) in [6.07, 6.45) is 2.97. The predicted octanol–water partition coefficient (Wildman–Crippen LogP) is 3.64. The van der Waals surface area contributed by atoms with Gasteiger partial charge >= 0.3 is 0 Å². The van der Waals surface area contributed by atoms with E-state index in [9.17, 15) is 9.59 Å². The van der Waals surface area contributed by atoms with E-state index >= 15 is 0 Å². The Morgan fingerprint density at radius 2 is 1.75 bits per heavy atom. The first-order valence-corrected chi connectivity index (χ1v) is 11.5. The lowest BCUT2D eigenvalue weighted by Gasteiger charge is -2.37. The van der Waals surface area contributed by atoms with Crippen LogP contribution in [0.25, 0.3) is 0 Å². The van der Waals surface area contributed by atoms with Crippen molar-refractivity contribution in [3.63, 3.8) is 0 Å². The molecule has 2 aliphatic heterocycles. The monoisotopic (exact) mass is 436 g/mol. The second-order valence-electron chi connectivity index (χ2n) is 8.68. The van der Waals surface area contributed by atoms with E-state index in [2.05, 4.69) is 12.1 Å². The molecule has 0 aromatic heterocycles. The fourth-order valence-corrected chi connectivity index (χ4v) is 4.55. The van der Waals surface area contributed by atoms with Crippen molar-refractivity contribution >= 4 is 11.8 Å². The van der Waals surface area contributed by atoms with Crippen LogP contribution in [0.2, 0.25) is 0 Å². The maximum absolute atomic E-state index is 13.2. The largest absolute Gasteiger partial charge is 0.497 e. The number of benzene rings is 2. The molecule has 2 amide bonds. The molecule has 6 heteroatoms. The number of nitrogens with zero attached hydrogens (tertiary/aromatic N) is 2. The van der Waals surface area contributed by atoms with Gasteiger partial charge in [0, 0.05) is 32.6 Å². The van der Waals surface area contributed by atoms with E-state index in [1.807, 2.05) is 52.3 Å². The number of rotatable bonds is 7. The first kappa shape index (κ1) is 22.3. The Kier molecular flexibility index (Phi) is 7.43. The summed E-state index contributed by atoms with van der Waals surface area (Å²) in [4.78, 5) is 29.4. The Labute approximate surface area is 190 Å². The number of amides is 2. The number of ether oxygens (including phenoxy) is 2. The van der Waals surface area contributed by atoms with Gasteiger partial charge in [-0.1, -0.05) is 42.5 Å². The molecule has 6 nitrogen and oxygen atoms in total. The minimum absolute atomic E-state index is 0.116. The van der Waals surface area contributed by atoms with E-state index in [0.29, 0.717) is 32.5 Å². The summed E-state index contributed by atoms with van der Waals surface area (Å²) in [7, 11) is 1.63. The van der Waals surface area contributed by atoms with Crippen molar-refractivity contribution in [3.8, 4) is 5.75 Å². The molecule has 4 rings (SSSR count). The number of piperidine rings is 2. The van der Waals surface area contributed by atoms with Crippen molar-refractivity contribution in [2.24, 2.45) is 5.92 Å². The third kappa shape index (κ3) is 5.68. The van der Waals surface area contributed by atoms with Gasteiger partial charge in [0.2, 0.25) is 11.8 Å². The fraction of sp³-hybridized carbons (Fsp3) is 0.462. The van der Waals surface area contributed by atoms with E-state index in [-0.39, 0.29) is 23.8 Å². The molecule has 1 atom stereocenters. The molecular formula is C26H32N2O4. The summed E-state index contributed by atoms with van der Waals surface area (Å²) < 4.78 is 11.3. The zero-order valence-corrected chi connectivity index (χ0v) is 18.7. The van der Waals surface area contributed by atoms with Gasteiger partial charge in [0.25, 0.3) is 0 Å². The lowest BCUT2D eigenvalue weighted by atomic mass is 9.94. The van der Waals surface area contributed by atoms with Crippen molar-refractivity contribution in [2.75, 3.05) is 26.7 Å². The van der Waals surface area contributed by atoms with Crippen LogP contribution in [-0.2, 0) is 27.5 Å². The van der Waals surface area contributed by atoms with E-state index < -0.39 is 0 Å².